The van der Waals surface area contributed by atoms with Crippen molar-refractivity contribution in [3.8, 4) is 5.75 Å². The zero-order valence-corrected chi connectivity index (χ0v) is 11.4. The number of benzene rings is 1. The minimum Gasteiger partial charge on any atom is -0.497 e. The smallest absolute Gasteiger partial charge is 0.407 e. The van der Waals surface area contributed by atoms with Crippen molar-refractivity contribution in [1.82, 2.24) is 4.90 Å². The van der Waals surface area contributed by atoms with Crippen LogP contribution in [0.15, 0.2) is 24.3 Å². The molecule has 0 bridgehead atoms. The molecule has 0 atom stereocenters. The number of nitrogens with zero attached hydrogens (tertiary/aromatic N) is 1. The van der Waals surface area contributed by atoms with Crippen molar-refractivity contribution in [2.45, 2.75) is 19.4 Å². The lowest BCUT2D eigenvalue weighted by molar-refractivity contribution is -0.111. The summed E-state index contributed by atoms with van der Waals surface area (Å²) in [6.45, 7) is 0.551. The van der Waals surface area contributed by atoms with Gasteiger partial charge in [-0.3, -0.25) is 4.79 Å². The molecule has 1 amide bonds. The van der Waals surface area contributed by atoms with Crippen LogP contribution < -0.4 is 4.74 Å². The van der Waals surface area contributed by atoms with Crippen LogP contribution in [0, 0.1) is 0 Å². The highest BCUT2D eigenvalue weighted by Gasteiger charge is 2.12. The molecule has 1 aromatic carbocycles. The average molecular weight is 286 g/mol. The molecule has 104 valence electrons. The van der Waals surface area contributed by atoms with Gasteiger partial charge in [0.25, 0.3) is 0 Å². The monoisotopic (exact) mass is 285 g/mol. The second-order valence-corrected chi connectivity index (χ2v) is 4.43. The molecular formula is C13H16ClNO4. The summed E-state index contributed by atoms with van der Waals surface area (Å²) < 4.78 is 5.03. The Hall–Kier alpha value is -1.75. The summed E-state index contributed by atoms with van der Waals surface area (Å²) in [7, 11) is 1.57. The van der Waals surface area contributed by atoms with Gasteiger partial charge in [0.15, 0.2) is 0 Å². The Labute approximate surface area is 116 Å². The van der Waals surface area contributed by atoms with E-state index < -0.39 is 11.3 Å². The Morgan fingerprint density at radius 3 is 2.42 bits per heavy atom. The lowest BCUT2D eigenvalue weighted by Gasteiger charge is -2.19. The molecule has 1 N–H and O–H groups in total. The van der Waals surface area contributed by atoms with Gasteiger partial charge in [-0.1, -0.05) is 12.1 Å². The Bertz CT molecular complexity index is 433. The van der Waals surface area contributed by atoms with Gasteiger partial charge in [0.05, 0.1) is 7.11 Å². The second kappa shape index (κ2) is 7.63. The highest BCUT2D eigenvalue weighted by molar-refractivity contribution is 6.63. The molecule has 0 fully saturated rings. The molecule has 1 rings (SSSR count). The van der Waals surface area contributed by atoms with Gasteiger partial charge >= 0.3 is 6.09 Å². The third-order valence-corrected chi connectivity index (χ3v) is 2.79. The van der Waals surface area contributed by atoms with Gasteiger partial charge in [0, 0.05) is 19.5 Å². The maximum absolute atomic E-state index is 11.1. The van der Waals surface area contributed by atoms with E-state index in [0.717, 1.165) is 11.3 Å². The van der Waals surface area contributed by atoms with Crippen LogP contribution in [0.4, 0.5) is 4.79 Å². The summed E-state index contributed by atoms with van der Waals surface area (Å²) in [4.78, 5) is 22.9. The first-order chi connectivity index (χ1) is 9.02. The standard InChI is InChI=1S/C13H16ClNO4/c1-19-11-6-4-10(5-7-11)9-15(13(17)18)8-2-3-12(14)16/h4-7H,2-3,8-9H2,1H3,(H,17,18). The summed E-state index contributed by atoms with van der Waals surface area (Å²) in [5, 5.41) is 8.63. The molecule has 0 spiro atoms. The SMILES string of the molecule is COc1ccc(CN(CCCC(=O)Cl)C(=O)O)cc1. The quantitative estimate of drug-likeness (QED) is 0.782. The van der Waals surface area contributed by atoms with E-state index in [2.05, 4.69) is 0 Å². The Morgan fingerprint density at radius 2 is 1.95 bits per heavy atom. The van der Waals surface area contributed by atoms with E-state index in [-0.39, 0.29) is 19.5 Å². The molecule has 0 saturated carbocycles. The van der Waals surface area contributed by atoms with E-state index in [1.54, 1.807) is 19.2 Å². The van der Waals surface area contributed by atoms with Crippen LogP contribution in [0.25, 0.3) is 0 Å². The largest absolute Gasteiger partial charge is 0.497 e. The van der Waals surface area contributed by atoms with Gasteiger partial charge in [-0.2, -0.15) is 0 Å². The van der Waals surface area contributed by atoms with E-state index >= 15 is 0 Å². The van der Waals surface area contributed by atoms with Crippen molar-refractivity contribution in [1.29, 1.82) is 0 Å². The van der Waals surface area contributed by atoms with Gasteiger partial charge < -0.3 is 14.7 Å². The van der Waals surface area contributed by atoms with Crippen LogP contribution in [0.5, 0.6) is 5.75 Å². The molecule has 19 heavy (non-hydrogen) atoms. The Balaban J connectivity index is 2.56. The number of carbonyl (C=O) groups is 2. The van der Waals surface area contributed by atoms with Crippen molar-refractivity contribution in [3.63, 3.8) is 0 Å². The zero-order chi connectivity index (χ0) is 14.3. The molecule has 0 unspecified atom stereocenters. The summed E-state index contributed by atoms with van der Waals surface area (Å²) in [5.41, 5.74) is 0.861. The van der Waals surface area contributed by atoms with Gasteiger partial charge in [-0.15, -0.1) is 0 Å². The first-order valence-corrected chi connectivity index (χ1v) is 6.20. The van der Waals surface area contributed by atoms with Crippen LogP contribution in [0.2, 0.25) is 0 Å². The molecule has 0 aliphatic rings. The minimum atomic E-state index is -1.02. The molecule has 0 aliphatic heterocycles. The Morgan fingerprint density at radius 1 is 1.32 bits per heavy atom. The van der Waals surface area contributed by atoms with Crippen LogP contribution in [-0.4, -0.2) is 35.0 Å². The number of methoxy groups -OCH3 is 1. The van der Waals surface area contributed by atoms with Crippen LogP contribution in [0.3, 0.4) is 0 Å². The fourth-order valence-corrected chi connectivity index (χ4v) is 1.74. The van der Waals surface area contributed by atoms with Crippen LogP contribution in [0.1, 0.15) is 18.4 Å². The van der Waals surface area contributed by atoms with Crippen molar-refractivity contribution in [2.75, 3.05) is 13.7 Å². The highest BCUT2D eigenvalue weighted by atomic mass is 35.5. The molecule has 0 aromatic heterocycles. The fraction of sp³-hybridized carbons (Fsp3) is 0.385. The summed E-state index contributed by atoms with van der Waals surface area (Å²) >= 11 is 5.22. The normalized spacial score (nSPS) is 10.0. The summed E-state index contributed by atoms with van der Waals surface area (Å²) in [6, 6.07) is 7.16. The first-order valence-electron chi connectivity index (χ1n) is 5.82. The van der Waals surface area contributed by atoms with E-state index in [0.29, 0.717) is 6.42 Å². The number of amides is 1. The van der Waals surface area contributed by atoms with Crippen molar-refractivity contribution < 1.29 is 19.4 Å². The molecular weight excluding hydrogens is 270 g/mol. The average Bonchev–Trinajstić information content (AvgIpc) is 2.37. The Kier molecular flexibility index (Phi) is 6.15. The fourth-order valence-electron chi connectivity index (χ4n) is 1.60. The molecule has 0 radical (unpaired) electrons. The number of ether oxygens (including phenoxy) is 1. The lowest BCUT2D eigenvalue weighted by atomic mass is 10.2. The predicted octanol–water partition coefficient (Wildman–Crippen LogP) is 2.72. The summed E-state index contributed by atoms with van der Waals surface area (Å²) in [6.07, 6.45) is -0.420. The molecule has 1 aromatic rings. The highest BCUT2D eigenvalue weighted by Crippen LogP contribution is 2.13. The van der Waals surface area contributed by atoms with Gasteiger partial charge in [0.2, 0.25) is 5.24 Å². The predicted molar refractivity (Wildman–Crippen MR) is 71.5 cm³/mol. The first kappa shape index (κ1) is 15.3. The second-order valence-electron chi connectivity index (χ2n) is 4.01. The molecule has 0 heterocycles. The van der Waals surface area contributed by atoms with Crippen LogP contribution >= 0.6 is 11.6 Å². The van der Waals surface area contributed by atoms with Crippen molar-refractivity contribution >= 4 is 22.9 Å². The minimum absolute atomic E-state index is 0.175. The number of hydrogen-bond donors (Lipinski definition) is 1. The van der Waals surface area contributed by atoms with E-state index in [4.69, 9.17) is 21.4 Å². The number of carbonyl (C=O) groups excluding carboxylic acids is 1. The maximum atomic E-state index is 11.1. The van der Waals surface area contributed by atoms with Gasteiger partial charge in [0.1, 0.15) is 5.75 Å². The molecule has 0 saturated heterocycles. The van der Waals surface area contributed by atoms with E-state index in [1.165, 1.54) is 4.90 Å². The maximum Gasteiger partial charge on any atom is 0.407 e. The molecule has 6 heteroatoms. The third-order valence-electron chi connectivity index (χ3n) is 2.60. The van der Waals surface area contributed by atoms with E-state index in [1.807, 2.05) is 12.1 Å². The van der Waals surface area contributed by atoms with E-state index in [9.17, 15) is 9.59 Å². The number of halogens is 1. The number of rotatable bonds is 7. The molecule has 5 nitrogen and oxygen atoms in total. The third kappa shape index (κ3) is 5.61. The van der Waals surface area contributed by atoms with Gasteiger partial charge in [-0.25, -0.2) is 4.79 Å². The van der Waals surface area contributed by atoms with Crippen molar-refractivity contribution in [2.24, 2.45) is 0 Å². The lowest BCUT2D eigenvalue weighted by Crippen LogP contribution is -2.30. The molecule has 0 aliphatic carbocycles. The van der Waals surface area contributed by atoms with Crippen molar-refractivity contribution in [3.05, 3.63) is 29.8 Å². The topological polar surface area (TPSA) is 66.8 Å². The van der Waals surface area contributed by atoms with Gasteiger partial charge in [-0.05, 0) is 35.7 Å². The number of carboxylic acid groups (broad SMARTS) is 1. The number of hydrogen-bond acceptors (Lipinski definition) is 3. The summed E-state index contributed by atoms with van der Waals surface area (Å²) in [5.74, 6) is 0.721. The zero-order valence-electron chi connectivity index (χ0n) is 10.6. The van der Waals surface area contributed by atoms with Crippen LogP contribution in [-0.2, 0) is 11.3 Å².